The van der Waals surface area contributed by atoms with Crippen molar-refractivity contribution in [3.63, 3.8) is 0 Å². The van der Waals surface area contributed by atoms with Crippen LogP contribution >= 0.6 is 0 Å². The molecule has 1 heteroatoms. The fourth-order valence-corrected chi connectivity index (χ4v) is 0.876. The number of unbranched alkanes of at least 4 members (excludes halogenated alkanes) is 1. The Kier molecular flexibility index (Phi) is 6.90. The summed E-state index contributed by atoms with van der Waals surface area (Å²) in [6, 6.07) is 0. The van der Waals surface area contributed by atoms with Gasteiger partial charge in [0.1, 0.15) is 0 Å². The smallest absolute Gasteiger partial charge is 0.0219 e. The third-order valence-electron chi connectivity index (χ3n) is 1.35. The zero-order valence-electron chi connectivity index (χ0n) is 7.59. The average molecular weight is 152 g/mol. The van der Waals surface area contributed by atoms with Gasteiger partial charge in [-0.05, 0) is 32.7 Å². The van der Waals surface area contributed by atoms with E-state index in [0.717, 1.165) is 19.4 Å². The second-order valence-electron chi connectivity index (χ2n) is 2.41. The van der Waals surface area contributed by atoms with Gasteiger partial charge in [0.25, 0.3) is 0 Å². The van der Waals surface area contributed by atoms with E-state index >= 15 is 0 Å². The molecule has 0 saturated heterocycles. The van der Waals surface area contributed by atoms with E-state index in [1.165, 1.54) is 0 Å². The lowest BCUT2D eigenvalue weighted by atomic mass is 10.3. The van der Waals surface area contributed by atoms with E-state index in [1.54, 1.807) is 0 Å². The molecule has 0 saturated carbocycles. The van der Waals surface area contributed by atoms with Crippen LogP contribution in [0.3, 0.4) is 0 Å². The molecule has 0 spiro atoms. The maximum Gasteiger partial charge on any atom is 0.0219 e. The normalized spacial score (nSPS) is 11.5. The first-order valence-electron chi connectivity index (χ1n) is 4.15. The van der Waals surface area contributed by atoms with Crippen LogP contribution in [0.25, 0.3) is 0 Å². The fraction of sp³-hybridized carbons (Fsp3) is 0.500. The maximum atomic E-state index is 3.80. The zero-order valence-corrected chi connectivity index (χ0v) is 7.59. The molecule has 0 N–H and O–H groups in total. The molecule has 0 aromatic heterocycles. The summed E-state index contributed by atoms with van der Waals surface area (Å²) in [4.78, 5) is 2.17. The summed E-state index contributed by atoms with van der Waals surface area (Å²) < 4.78 is 0. The first-order valence-corrected chi connectivity index (χ1v) is 4.15. The summed E-state index contributed by atoms with van der Waals surface area (Å²) in [5.74, 6) is 0. The predicted octanol–water partition coefficient (Wildman–Crippen LogP) is 2.97. The Hall–Kier alpha value is -0.720. The highest BCUT2D eigenvalue weighted by atomic mass is 15.1. The fourth-order valence-electron chi connectivity index (χ4n) is 0.876. The first kappa shape index (κ1) is 10.3. The van der Waals surface area contributed by atoms with Crippen LogP contribution in [-0.2, 0) is 0 Å². The zero-order chi connectivity index (χ0) is 8.53. The summed E-state index contributed by atoms with van der Waals surface area (Å²) in [5.41, 5.74) is 0. The van der Waals surface area contributed by atoms with Gasteiger partial charge in [0, 0.05) is 6.54 Å². The van der Waals surface area contributed by atoms with Crippen molar-refractivity contribution in [3.8, 4) is 0 Å². The molecule has 63 valence electrons. The molecule has 0 heterocycles. The van der Waals surface area contributed by atoms with Gasteiger partial charge < -0.3 is 4.90 Å². The highest BCUT2D eigenvalue weighted by Crippen LogP contribution is 1.96. The van der Waals surface area contributed by atoms with Crippen molar-refractivity contribution in [2.45, 2.75) is 26.7 Å². The minimum atomic E-state index is 1.01. The molecular weight excluding hydrogens is 134 g/mol. The highest BCUT2D eigenvalue weighted by molar-refractivity contribution is 4.88. The van der Waals surface area contributed by atoms with Crippen LogP contribution in [0, 0.1) is 6.92 Å². The summed E-state index contributed by atoms with van der Waals surface area (Å²) in [7, 11) is 0. The van der Waals surface area contributed by atoms with E-state index in [9.17, 15) is 0 Å². The largest absolute Gasteiger partial charge is 0.355 e. The average Bonchev–Trinajstić information content (AvgIpc) is 2.01. The third-order valence-corrected chi connectivity index (χ3v) is 1.35. The lowest BCUT2D eigenvalue weighted by molar-refractivity contribution is 0.489. The van der Waals surface area contributed by atoms with Crippen molar-refractivity contribution >= 4 is 0 Å². The highest BCUT2D eigenvalue weighted by Gasteiger charge is 1.90. The van der Waals surface area contributed by atoms with Crippen LogP contribution in [-0.4, -0.2) is 11.4 Å². The van der Waals surface area contributed by atoms with Gasteiger partial charge in [-0.3, -0.25) is 0 Å². The molecule has 0 aliphatic carbocycles. The Labute approximate surface area is 70.4 Å². The molecule has 0 aliphatic heterocycles. The Morgan fingerprint density at radius 2 is 1.73 bits per heavy atom. The number of rotatable bonds is 5. The standard InChI is InChI=1S/C10H18N/c1-4-7-10-11(8-5-2)9-6-3/h5-6,8-9H,1,4,7,10H2,2-3H3/b8-5-,9-6-. The molecule has 0 fully saturated rings. The summed E-state index contributed by atoms with van der Waals surface area (Å²) in [6.07, 6.45) is 10.4. The van der Waals surface area contributed by atoms with E-state index < -0.39 is 0 Å². The number of nitrogens with zero attached hydrogens (tertiary/aromatic N) is 1. The molecule has 0 aromatic rings. The van der Waals surface area contributed by atoms with Crippen molar-refractivity contribution in [1.29, 1.82) is 0 Å². The van der Waals surface area contributed by atoms with Crippen LogP contribution in [0.4, 0.5) is 0 Å². The molecule has 0 unspecified atom stereocenters. The maximum absolute atomic E-state index is 3.80. The number of hydrogen-bond donors (Lipinski definition) is 0. The minimum absolute atomic E-state index is 1.01. The van der Waals surface area contributed by atoms with Gasteiger partial charge in [0.05, 0.1) is 0 Å². The molecule has 0 amide bonds. The third kappa shape index (κ3) is 5.71. The molecule has 0 aliphatic rings. The van der Waals surface area contributed by atoms with Crippen molar-refractivity contribution < 1.29 is 0 Å². The van der Waals surface area contributed by atoms with Crippen LogP contribution in [0.5, 0.6) is 0 Å². The van der Waals surface area contributed by atoms with Crippen molar-refractivity contribution in [2.75, 3.05) is 6.54 Å². The minimum Gasteiger partial charge on any atom is -0.355 e. The van der Waals surface area contributed by atoms with E-state index in [-0.39, 0.29) is 0 Å². The van der Waals surface area contributed by atoms with Gasteiger partial charge in [0.2, 0.25) is 0 Å². The topological polar surface area (TPSA) is 3.24 Å². The van der Waals surface area contributed by atoms with E-state index in [2.05, 4.69) is 24.2 Å². The molecule has 1 nitrogen and oxygen atoms in total. The van der Waals surface area contributed by atoms with Crippen LogP contribution in [0.1, 0.15) is 26.7 Å². The summed E-state index contributed by atoms with van der Waals surface area (Å²) in [5, 5.41) is 0. The second-order valence-corrected chi connectivity index (χ2v) is 2.41. The second kappa shape index (κ2) is 7.39. The first-order chi connectivity index (χ1) is 5.35. The summed E-state index contributed by atoms with van der Waals surface area (Å²) >= 11 is 0. The van der Waals surface area contributed by atoms with E-state index in [1.807, 2.05) is 26.0 Å². The van der Waals surface area contributed by atoms with Crippen LogP contribution in [0.2, 0.25) is 0 Å². The molecule has 0 aromatic carbocycles. The van der Waals surface area contributed by atoms with Gasteiger partial charge in [0.15, 0.2) is 0 Å². The number of allylic oxidation sites excluding steroid dienone is 2. The summed E-state index contributed by atoms with van der Waals surface area (Å²) in [6.45, 7) is 8.93. The lowest BCUT2D eigenvalue weighted by Gasteiger charge is -2.13. The van der Waals surface area contributed by atoms with Crippen molar-refractivity contribution in [1.82, 2.24) is 4.90 Å². The predicted molar refractivity (Wildman–Crippen MR) is 50.9 cm³/mol. The van der Waals surface area contributed by atoms with Gasteiger partial charge in [-0.1, -0.05) is 25.5 Å². The molecular formula is C10H18N. The monoisotopic (exact) mass is 152 g/mol. The lowest BCUT2D eigenvalue weighted by Crippen LogP contribution is -2.10. The molecule has 1 radical (unpaired) electrons. The van der Waals surface area contributed by atoms with Gasteiger partial charge in [-0.2, -0.15) is 0 Å². The van der Waals surface area contributed by atoms with Gasteiger partial charge in [-0.25, -0.2) is 0 Å². The Bertz CT molecular complexity index is 113. The van der Waals surface area contributed by atoms with Gasteiger partial charge >= 0.3 is 0 Å². The molecule has 0 bridgehead atoms. The Morgan fingerprint density at radius 1 is 1.18 bits per heavy atom. The van der Waals surface area contributed by atoms with E-state index in [0.29, 0.717) is 0 Å². The Morgan fingerprint density at radius 3 is 2.09 bits per heavy atom. The van der Waals surface area contributed by atoms with Gasteiger partial charge in [-0.15, -0.1) is 0 Å². The number of hydrogen-bond acceptors (Lipinski definition) is 1. The van der Waals surface area contributed by atoms with Crippen molar-refractivity contribution in [2.24, 2.45) is 0 Å². The molecule has 0 atom stereocenters. The van der Waals surface area contributed by atoms with E-state index in [4.69, 9.17) is 0 Å². The van der Waals surface area contributed by atoms with Crippen LogP contribution < -0.4 is 0 Å². The molecule has 0 rings (SSSR count). The quantitative estimate of drug-likeness (QED) is 0.585. The molecule has 11 heavy (non-hydrogen) atoms. The van der Waals surface area contributed by atoms with Crippen molar-refractivity contribution in [3.05, 3.63) is 31.5 Å². The SMILES string of the molecule is [CH2]CCCN(/C=C\C)/C=C\C. The Balaban J connectivity index is 3.69. The van der Waals surface area contributed by atoms with Crippen LogP contribution in [0.15, 0.2) is 24.6 Å².